The number of hydrogen-bond donors (Lipinski definition) is 2. The van der Waals surface area contributed by atoms with Crippen LogP contribution in [0.3, 0.4) is 0 Å². The zero-order chi connectivity index (χ0) is 13.9. The zero-order valence-electron chi connectivity index (χ0n) is 11.3. The van der Waals surface area contributed by atoms with Crippen molar-refractivity contribution in [2.75, 3.05) is 6.54 Å². The molecule has 3 N–H and O–H groups in total. The van der Waals surface area contributed by atoms with Crippen LogP contribution in [0.5, 0.6) is 0 Å². The smallest absolute Gasteiger partial charge is 0.251 e. The van der Waals surface area contributed by atoms with Crippen LogP contribution in [0.15, 0.2) is 23.1 Å². The Morgan fingerprint density at radius 1 is 1.42 bits per heavy atom. The van der Waals surface area contributed by atoms with Crippen LogP contribution >= 0.6 is 0 Å². The molecule has 19 heavy (non-hydrogen) atoms. The van der Waals surface area contributed by atoms with Gasteiger partial charge in [-0.25, -0.2) is 0 Å². The summed E-state index contributed by atoms with van der Waals surface area (Å²) in [6.45, 7) is 0.473. The van der Waals surface area contributed by atoms with Crippen LogP contribution in [-0.4, -0.2) is 22.6 Å². The van der Waals surface area contributed by atoms with Gasteiger partial charge in [0.15, 0.2) is 0 Å². The molecule has 5 nitrogen and oxygen atoms in total. The number of carbonyl (C=O) groups is 1. The molecule has 1 aromatic heterocycles. The summed E-state index contributed by atoms with van der Waals surface area (Å²) in [5.74, 6) is -0.229. The van der Waals surface area contributed by atoms with Gasteiger partial charge in [-0.3, -0.25) is 9.59 Å². The van der Waals surface area contributed by atoms with Gasteiger partial charge in [-0.15, -0.1) is 0 Å². The number of nitrogens with one attached hydrogen (secondary N) is 1. The molecule has 1 saturated carbocycles. The first kappa shape index (κ1) is 13.8. The number of rotatable bonds is 3. The lowest BCUT2D eigenvalue weighted by atomic mass is 9.82. The lowest BCUT2D eigenvalue weighted by Gasteiger charge is -2.33. The van der Waals surface area contributed by atoms with Gasteiger partial charge in [-0.2, -0.15) is 0 Å². The van der Waals surface area contributed by atoms with Crippen molar-refractivity contribution >= 4 is 5.91 Å². The van der Waals surface area contributed by atoms with Gasteiger partial charge in [0, 0.05) is 37.0 Å². The molecule has 0 aliphatic heterocycles. The van der Waals surface area contributed by atoms with Crippen molar-refractivity contribution < 1.29 is 4.79 Å². The van der Waals surface area contributed by atoms with E-state index >= 15 is 0 Å². The SMILES string of the molecule is Cn1ccc(C(=O)NCC2(N)CCCCC2)cc1=O. The third-order valence-corrected chi connectivity index (χ3v) is 3.82. The summed E-state index contributed by atoms with van der Waals surface area (Å²) in [6, 6.07) is 2.99. The normalized spacial score (nSPS) is 18.0. The highest BCUT2D eigenvalue weighted by molar-refractivity contribution is 5.94. The predicted molar refractivity (Wildman–Crippen MR) is 74.0 cm³/mol. The first-order chi connectivity index (χ1) is 9.00. The second-order valence-corrected chi connectivity index (χ2v) is 5.47. The summed E-state index contributed by atoms with van der Waals surface area (Å²) in [6.07, 6.45) is 6.96. The maximum Gasteiger partial charge on any atom is 0.251 e. The molecular weight excluding hydrogens is 242 g/mol. The van der Waals surface area contributed by atoms with Gasteiger partial charge in [0.2, 0.25) is 0 Å². The predicted octanol–water partition coefficient (Wildman–Crippen LogP) is 0.777. The van der Waals surface area contributed by atoms with Crippen LogP contribution < -0.4 is 16.6 Å². The fourth-order valence-corrected chi connectivity index (χ4v) is 2.48. The number of aryl methyl sites for hydroxylation is 1. The highest BCUT2D eigenvalue weighted by atomic mass is 16.2. The molecule has 0 spiro atoms. The quantitative estimate of drug-likeness (QED) is 0.846. The molecule has 2 rings (SSSR count). The molecule has 1 heterocycles. The first-order valence-electron chi connectivity index (χ1n) is 6.74. The van der Waals surface area contributed by atoms with Gasteiger partial charge < -0.3 is 15.6 Å². The molecule has 0 saturated heterocycles. The molecule has 0 unspecified atom stereocenters. The average molecular weight is 263 g/mol. The van der Waals surface area contributed by atoms with Crippen LogP contribution in [0.2, 0.25) is 0 Å². The summed E-state index contributed by atoms with van der Waals surface area (Å²) in [5.41, 5.74) is 6.18. The maximum absolute atomic E-state index is 12.0. The van der Waals surface area contributed by atoms with E-state index in [-0.39, 0.29) is 17.0 Å². The van der Waals surface area contributed by atoms with Crippen molar-refractivity contribution in [2.24, 2.45) is 12.8 Å². The fraction of sp³-hybridized carbons (Fsp3) is 0.571. The second-order valence-electron chi connectivity index (χ2n) is 5.47. The number of aromatic nitrogens is 1. The second kappa shape index (κ2) is 5.57. The standard InChI is InChI=1S/C14H21N3O2/c1-17-8-5-11(9-12(17)18)13(19)16-10-14(15)6-3-2-4-7-14/h5,8-9H,2-4,6-7,10,15H2,1H3,(H,16,19). The zero-order valence-corrected chi connectivity index (χ0v) is 11.3. The Labute approximate surface area is 112 Å². The largest absolute Gasteiger partial charge is 0.350 e. The Hall–Kier alpha value is -1.62. The van der Waals surface area contributed by atoms with Crippen molar-refractivity contribution in [3.8, 4) is 0 Å². The summed E-state index contributed by atoms with van der Waals surface area (Å²) in [5, 5.41) is 2.84. The van der Waals surface area contributed by atoms with E-state index in [1.165, 1.54) is 17.1 Å². The Morgan fingerprint density at radius 3 is 2.74 bits per heavy atom. The number of amides is 1. The van der Waals surface area contributed by atoms with Crippen molar-refractivity contribution in [3.63, 3.8) is 0 Å². The van der Waals surface area contributed by atoms with E-state index in [1.54, 1.807) is 19.3 Å². The Morgan fingerprint density at radius 2 is 2.11 bits per heavy atom. The molecule has 1 fully saturated rings. The molecule has 1 aliphatic carbocycles. The molecule has 0 atom stereocenters. The van der Waals surface area contributed by atoms with E-state index in [0.29, 0.717) is 12.1 Å². The third-order valence-electron chi connectivity index (χ3n) is 3.82. The Bertz CT molecular complexity index is 516. The van der Waals surface area contributed by atoms with Crippen LogP contribution in [0, 0.1) is 0 Å². The van der Waals surface area contributed by atoms with Crippen molar-refractivity contribution in [1.29, 1.82) is 0 Å². The Kier molecular flexibility index (Phi) is 4.04. The van der Waals surface area contributed by atoms with Crippen molar-refractivity contribution in [2.45, 2.75) is 37.6 Å². The number of hydrogen-bond acceptors (Lipinski definition) is 3. The summed E-state index contributed by atoms with van der Waals surface area (Å²) < 4.78 is 1.43. The highest BCUT2D eigenvalue weighted by Crippen LogP contribution is 2.25. The monoisotopic (exact) mass is 263 g/mol. The Balaban J connectivity index is 1.97. The van der Waals surface area contributed by atoms with Crippen LogP contribution in [0.4, 0.5) is 0 Å². The molecule has 1 aromatic rings. The minimum Gasteiger partial charge on any atom is -0.350 e. The van der Waals surface area contributed by atoms with Gasteiger partial charge in [-0.05, 0) is 18.9 Å². The van der Waals surface area contributed by atoms with E-state index < -0.39 is 0 Å². The van der Waals surface area contributed by atoms with Gasteiger partial charge in [0.1, 0.15) is 0 Å². The van der Waals surface area contributed by atoms with E-state index in [1.807, 2.05) is 0 Å². The molecule has 1 amide bonds. The molecule has 0 bridgehead atoms. The maximum atomic E-state index is 12.0. The highest BCUT2D eigenvalue weighted by Gasteiger charge is 2.27. The van der Waals surface area contributed by atoms with Crippen LogP contribution in [0.25, 0.3) is 0 Å². The fourth-order valence-electron chi connectivity index (χ4n) is 2.48. The minimum absolute atomic E-state index is 0.187. The number of pyridine rings is 1. The van der Waals surface area contributed by atoms with Gasteiger partial charge in [0.05, 0.1) is 0 Å². The third kappa shape index (κ3) is 3.44. The molecule has 104 valence electrons. The average Bonchev–Trinajstić information content (AvgIpc) is 2.40. The number of carbonyl (C=O) groups excluding carboxylic acids is 1. The summed E-state index contributed by atoms with van der Waals surface area (Å²) >= 11 is 0. The summed E-state index contributed by atoms with van der Waals surface area (Å²) in [7, 11) is 1.65. The van der Waals surface area contributed by atoms with Crippen molar-refractivity contribution in [1.82, 2.24) is 9.88 Å². The van der Waals surface area contributed by atoms with Crippen LogP contribution in [-0.2, 0) is 7.05 Å². The van der Waals surface area contributed by atoms with Crippen LogP contribution in [0.1, 0.15) is 42.5 Å². The van der Waals surface area contributed by atoms with E-state index in [9.17, 15) is 9.59 Å². The number of nitrogens with two attached hydrogens (primary N) is 1. The molecule has 1 aliphatic rings. The minimum atomic E-state index is -0.284. The first-order valence-corrected chi connectivity index (χ1v) is 6.74. The lowest BCUT2D eigenvalue weighted by molar-refractivity contribution is 0.0937. The van der Waals surface area contributed by atoms with Crippen molar-refractivity contribution in [3.05, 3.63) is 34.2 Å². The van der Waals surface area contributed by atoms with E-state index in [4.69, 9.17) is 5.73 Å². The molecule has 0 radical (unpaired) electrons. The number of nitrogens with zero attached hydrogens (tertiary/aromatic N) is 1. The van der Waals surface area contributed by atoms with Gasteiger partial charge >= 0.3 is 0 Å². The van der Waals surface area contributed by atoms with E-state index in [2.05, 4.69) is 5.32 Å². The molecular formula is C14H21N3O2. The summed E-state index contributed by atoms with van der Waals surface area (Å²) in [4.78, 5) is 23.4. The lowest BCUT2D eigenvalue weighted by Crippen LogP contribution is -2.51. The van der Waals surface area contributed by atoms with Gasteiger partial charge in [0.25, 0.3) is 11.5 Å². The molecule has 0 aromatic carbocycles. The van der Waals surface area contributed by atoms with Gasteiger partial charge in [-0.1, -0.05) is 19.3 Å². The topological polar surface area (TPSA) is 77.1 Å². The van der Waals surface area contributed by atoms with E-state index in [0.717, 1.165) is 25.7 Å². The molecule has 5 heteroatoms.